The summed E-state index contributed by atoms with van der Waals surface area (Å²) in [7, 11) is 0. The number of amides is 1. The molecule has 1 aliphatic carbocycles. The number of hydrogen-bond acceptors (Lipinski definition) is 3. The second-order valence-electron chi connectivity index (χ2n) is 7.69. The number of aryl methyl sites for hydroxylation is 1. The van der Waals surface area contributed by atoms with Crippen molar-refractivity contribution in [2.75, 3.05) is 0 Å². The van der Waals surface area contributed by atoms with Crippen LogP contribution in [0.15, 0.2) is 58.5 Å². The van der Waals surface area contributed by atoms with Gasteiger partial charge in [-0.25, -0.2) is 14.4 Å². The summed E-state index contributed by atoms with van der Waals surface area (Å²) in [5.74, 6) is -0.939. The zero-order valence-corrected chi connectivity index (χ0v) is 17.2. The Bertz CT molecular complexity index is 1260. The molecule has 4 nitrogen and oxygen atoms in total. The highest BCUT2D eigenvalue weighted by atomic mass is 19.4. The molecule has 0 saturated heterocycles. The van der Waals surface area contributed by atoms with E-state index in [9.17, 15) is 22.4 Å². The number of halogens is 4. The summed E-state index contributed by atoms with van der Waals surface area (Å²) in [6, 6.07) is 11.4. The molecule has 0 aliphatic heterocycles. The first-order chi connectivity index (χ1) is 15.2. The third-order valence-corrected chi connectivity index (χ3v) is 5.29. The van der Waals surface area contributed by atoms with Crippen LogP contribution in [0, 0.1) is 12.7 Å². The van der Waals surface area contributed by atoms with Gasteiger partial charge in [0.15, 0.2) is 0 Å². The Kier molecular flexibility index (Phi) is 5.86. The number of hydrogen-bond donors (Lipinski definition) is 0. The van der Waals surface area contributed by atoms with Gasteiger partial charge in [0.1, 0.15) is 11.5 Å². The number of aromatic nitrogens is 1. The first-order valence-corrected chi connectivity index (χ1v) is 10.1. The number of benzene rings is 2. The number of aliphatic imine (C=N–C) groups is 2. The van der Waals surface area contributed by atoms with Crippen molar-refractivity contribution in [1.29, 1.82) is 0 Å². The molecule has 0 spiro atoms. The second-order valence-corrected chi connectivity index (χ2v) is 7.69. The fourth-order valence-electron chi connectivity index (χ4n) is 3.70. The Balaban J connectivity index is 1.70. The van der Waals surface area contributed by atoms with Crippen LogP contribution < -0.4 is 0 Å². The van der Waals surface area contributed by atoms with Gasteiger partial charge in [-0.1, -0.05) is 18.2 Å². The molecule has 3 aromatic rings. The number of nitrogens with zero attached hydrogens (tertiary/aromatic N) is 3. The fraction of sp³-hybridized carbons (Fsp3) is 0.250. The Morgan fingerprint density at radius 1 is 1.03 bits per heavy atom. The van der Waals surface area contributed by atoms with Gasteiger partial charge in [-0.05, 0) is 62.1 Å². The summed E-state index contributed by atoms with van der Waals surface area (Å²) in [4.78, 5) is 24.8. The lowest BCUT2D eigenvalue weighted by Crippen LogP contribution is -2.16. The van der Waals surface area contributed by atoms with Gasteiger partial charge < -0.3 is 0 Å². The average Bonchev–Trinajstić information content (AvgIpc) is 2.74. The molecule has 164 valence electrons. The molecular weight excluding hydrogens is 422 g/mol. The summed E-state index contributed by atoms with van der Waals surface area (Å²) in [6.45, 7) is 1.83. The molecule has 0 bridgehead atoms. The number of carbonyl (C=O) groups excluding carboxylic acids is 1. The highest BCUT2D eigenvalue weighted by Gasteiger charge is 2.33. The van der Waals surface area contributed by atoms with E-state index in [-0.39, 0.29) is 28.9 Å². The minimum absolute atomic E-state index is 0.00306. The van der Waals surface area contributed by atoms with Gasteiger partial charge in [0.05, 0.1) is 11.2 Å². The molecule has 1 saturated carbocycles. The molecule has 2 aromatic carbocycles. The van der Waals surface area contributed by atoms with E-state index in [4.69, 9.17) is 0 Å². The Labute approximate surface area is 181 Å². The SMILES string of the molecule is Cc1ccccc1C(=O)N=C1CCCC(=Nc2cc(C(F)(F)F)nc3ccc(F)cc23)C1. The minimum atomic E-state index is -4.66. The number of alkyl halides is 3. The fourth-order valence-corrected chi connectivity index (χ4v) is 3.70. The molecule has 32 heavy (non-hydrogen) atoms. The largest absolute Gasteiger partial charge is 0.433 e. The third-order valence-electron chi connectivity index (χ3n) is 5.29. The van der Waals surface area contributed by atoms with Crippen molar-refractivity contribution in [3.8, 4) is 0 Å². The number of carbonyl (C=O) groups is 1. The van der Waals surface area contributed by atoms with Gasteiger partial charge in [0.25, 0.3) is 5.91 Å². The molecule has 0 atom stereocenters. The van der Waals surface area contributed by atoms with E-state index >= 15 is 0 Å². The number of rotatable bonds is 2. The molecule has 1 heterocycles. The zero-order valence-electron chi connectivity index (χ0n) is 17.2. The molecule has 1 aromatic heterocycles. The van der Waals surface area contributed by atoms with E-state index in [1.165, 1.54) is 6.07 Å². The maximum Gasteiger partial charge on any atom is 0.433 e. The van der Waals surface area contributed by atoms with Crippen LogP contribution in [-0.4, -0.2) is 22.3 Å². The summed E-state index contributed by atoms with van der Waals surface area (Å²) >= 11 is 0. The maximum atomic E-state index is 13.8. The van der Waals surface area contributed by atoms with E-state index in [0.29, 0.717) is 36.2 Å². The predicted molar refractivity (Wildman–Crippen MR) is 115 cm³/mol. The van der Waals surface area contributed by atoms with Crippen LogP contribution in [0.3, 0.4) is 0 Å². The van der Waals surface area contributed by atoms with Crippen molar-refractivity contribution in [2.24, 2.45) is 9.98 Å². The molecule has 1 amide bonds. The van der Waals surface area contributed by atoms with E-state index in [1.54, 1.807) is 12.1 Å². The standard InChI is InChI=1S/C24H19F4N3O/c1-14-5-2-3-8-18(14)23(32)30-17-7-4-6-16(12-17)29-21-13-22(24(26,27)28)31-20-10-9-15(25)11-19(20)21/h2-3,5,8-11,13H,4,6-7,12H2,1H3. The Morgan fingerprint density at radius 3 is 2.53 bits per heavy atom. The van der Waals surface area contributed by atoms with Gasteiger partial charge >= 0.3 is 6.18 Å². The maximum absolute atomic E-state index is 13.8. The summed E-state index contributed by atoms with van der Waals surface area (Å²) in [5, 5.41) is 0.200. The first kappa shape index (κ1) is 21.8. The monoisotopic (exact) mass is 441 g/mol. The van der Waals surface area contributed by atoms with Crippen LogP contribution in [0.2, 0.25) is 0 Å². The molecule has 0 unspecified atom stereocenters. The Hall–Kier alpha value is -3.42. The highest BCUT2D eigenvalue weighted by Crippen LogP contribution is 2.35. The second kappa shape index (κ2) is 8.61. The van der Waals surface area contributed by atoms with Crippen LogP contribution in [0.25, 0.3) is 10.9 Å². The average molecular weight is 441 g/mol. The Morgan fingerprint density at radius 2 is 1.78 bits per heavy atom. The first-order valence-electron chi connectivity index (χ1n) is 10.1. The van der Waals surface area contributed by atoms with E-state index < -0.39 is 17.7 Å². The van der Waals surface area contributed by atoms with Gasteiger partial charge in [-0.2, -0.15) is 13.2 Å². The van der Waals surface area contributed by atoms with Crippen molar-refractivity contribution in [1.82, 2.24) is 4.98 Å². The van der Waals surface area contributed by atoms with Crippen LogP contribution >= 0.6 is 0 Å². The molecule has 0 radical (unpaired) electrons. The van der Waals surface area contributed by atoms with Crippen molar-refractivity contribution >= 4 is 33.9 Å². The molecule has 1 fully saturated rings. The number of pyridine rings is 1. The zero-order chi connectivity index (χ0) is 22.9. The van der Waals surface area contributed by atoms with Gasteiger partial charge in [-0.15, -0.1) is 0 Å². The number of fused-ring (bicyclic) bond motifs is 1. The highest BCUT2D eigenvalue weighted by molar-refractivity contribution is 6.13. The van der Waals surface area contributed by atoms with Crippen LogP contribution in [-0.2, 0) is 6.18 Å². The van der Waals surface area contributed by atoms with Crippen molar-refractivity contribution in [2.45, 2.75) is 38.8 Å². The molecule has 0 N–H and O–H groups in total. The van der Waals surface area contributed by atoms with Crippen LogP contribution in [0.5, 0.6) is 0 Å². The van der Waals surface area contributed by atoms with Gasteiger partial charge in [0.2, 0.25) is 0 Å². The van der Waals surface area contributed by atoms with E-state index in [0.717, 1.165) is 23.8 Å². The predicted octanol–water partition coefficient (Wildman–Crippen LogP) is 6.63. The quantitative estimate of drug-likeness (QED) is 0.419. The van der Waals surface area contributed by atoms with Crippen molar-refractivity contribution in [3.05, 3.63) is 71.2 Å². The minimum Gasteiger partial charge on any atom is -0.267 e. The van der Waals surface area contributed by atoms with E-state index in [2.05, 4.69) is 15.0 Å². The van der Waals surface area contributed by atoms with Gasteiger partial charge in [0, 0.05) is 28.8 Å². The summed E-state index contributed by atoms with van der Waals surface area (Å²) in [5.41, 5.74) is 1.48. The lowest BCUT2D eigenvalue weighted by molar-refractivity contribution is -0.140. The third kappa shape index (κ3) is 4.74. The van der Waals surface area contributed by atoms with Crippen molar-refractivity contribution < 1.29 is 22.4 Å². The molecule has 8 heteroatoms. The van der Waals surface area contributed by atoms with Crippen LogP contribution in [0.1, 0.15) is 47.3 Å². The lowest BCUT2D eigenvalue weighted by atomic mass is 9.95. The topological polar surface area (TPSA) is 54.7 Å². The van der Waals surface area contributed by atoms with E-state index in [1.807, 2.05) is 19.1 Å². The van der Waals surface area contributed by atoms with Crippen LogP contribution in [0.4, 0.5) is 23.2 Å². The summed E-state index contributed by atoms with van der Waals surface area (Å²) < 4.78 is 53.7. The van der Waals surface area contributed by atoms with Crippen molar-refractivity contribution in [3.63, 3.8) is 0 Å². The normalized spacial score (nSPS) is 17.3. The molecule has 4 rings (SSSR count). The smallest absolute Gasteiger partial charge is 0.267 e. The molecule has 1 aliphatic rings. The summed E-state index contributed by atoms with van der Waals surface area (Å²) in [6.07, 6.45) is -2.55. The molecular formula is C24H19F4N3O. The lowest BCUT2D eigenvalue weighted by Gasteiger charge is -2.16. The van der Waals surface area contributed by atoms with Gasteiger partial charge in [-0.3, -0.25) is 9.79 Å².